The Balaban J connectivity index is 3.42. The van der Waals surface area contributed by atoms with Gasteiger partial charge in [0.05, 0.1) is 6.61 Å². The van der Waals surface area contributed by atoms with Crippen LogP contribution in [0.4, 0.5) is 0 Å². The van der Waals surface area contributed by atoms with Crippen LogP contribution in [0.2, 0.25) is 0 Å². The molecule has 0 saturated carbocycles. The van der Waals surface area contributed by atoms with Crippen LogP contribution in [0.5, 0.6) is 0 Å². The van der Waals surface area contributed by atoms with Crippen molar-refractivity contribution in [3.63, 3.8) is 0 Å². The van der Waals surface area contributed by atoms with E-state index in [0.717, 1.165) is 83.5 Å². The number of hydrogen-bond donors (Lipinski definition) is 1. The first kappa shape index (κ1) is 82.1. The highest BCUT2D eigenvalue weighted by atomic mass is 16.6. The maximum atomic E-state index is 12.4. The Kier molecular flexibility index (Phi) is 72.7. The van der Waals surface area contributed by atoms with E-state index in [1.54, 1.807) is 0 Å². The van der Waals surface area contributed by atoms with E-state index in [9.17, 15) is 14.7 Å². The van der Waals surface area contributed by atoms with Gasteiger partial charge in [0.15, 0.2) is 6.10 Å². The van der Waals surface area contributed by atoms with E-state index in [4.69, 9.17) is 9.47 Å². The van der Waals surface area contributed by atoms with Crippen LogP contribution in [-0.4, -0.2) is 36.4 Å². The van der Waals surface area contributed by atoms with Crippen LogP contribution in [0.3, 0.4) is 0 Å². The minimum absolute atomic E-state index is 0.0643. The average molecular weight is 1190 g/mol. The first-order chi connectivity index (χ1) is 42.1. The molecular formula is C80H144O5. The normalized spacial score (nSPS) is 12.6. The SMILES string of the molecule is CC/C=C\C/C=C\C/C=C\C/C=C\C/C=C\C/C=C\C/C=C\CCCCCCCCCCCCCCCC(=O)OC(CO)COC(=O)CCCCCCCCCCCCCCCCCCCCCCCCCCCCCCCCCCCCCC. The van der Waals surface area contributed by atoms with Gasteiger partial charge in [-0.25, -0.2) is 0 Å². The van der Waals surface area contributed by atoms with Crippen LogP contribution in [0.15, 0.2) is 85.1 Å². The third-order valence-electron chi connectivity index (χ3n) is 17.0. The second kappa shape index (κ2) is 75.3. The molecule has 0 heterocycles. The molecule has 5 heteroatoms. The van der Waals surface area contributed by atoms with E-state index in [1.807, 2.05) is 0 Å². The molecule has 0 aliphatic rings. The zero-order valence-corrected chi connectivity index (χ0v) is 56.9. The Labute approximate surface area is 530 Å². The van der Waals surface area contributed by atoms with E-state index in [0.29, 0.717) is 12.8 Å². The van der Waals surface area contributed by atoms with E-state index >= 15 is 0 Å². The zero-order valence-electron chi connectivity index (χ0n) is 56.9. The van der Waals surface area contributed by atoms with E-state index in [2.05, 4.69) is 98.9 Å². The summed E-state index contributed by atoms with van der Waals surface area (Å²) in [5.74, 6) is -0.575. The van der Waals surface area contributed by atoms with Crippen molar-refractivity contribution in [1.82, 2.24) is 0 Å². The van der Waals surface area contributed by atoms with Crippen molar-refractivity contribution in [3.05, 3.63) is 85.1 Å². The molecule has 0 rings (SSSR count). The Hall–Kier alpha value is -2.92. The van der Waals surface area contributed by atoms with Gasteiger partial charge in [-0.05, 0) is 70.6 Å². The molecule has 494 valence electrons. The molecule has 0 aromatic carbocycles. The van der Waals surface area contributed by atoms with Crippen LogP contribution in [0, 0.1) is 0 Å². The monoisotopic (exact) mass is 1190 g/mol. The summed E-state index contributed by atoms with van der Waals surface area (Å²) in [6.07, 6.45) is 106. The topological polar surface area (TPSA) is 72.8 Å². The summed E-state index contributed by atoms with van der Waals surface area (Å²) in [5, 5.41) is 9.72. The van der Waals surface area contributed by atoms with Crippen LogP contribution in [0.1, 0.15) is 393 Å². The summed E-state index contributed by atoms with van der Waals surface area (Å²) < 4.78 is 10.8. The van der Waals surface area contributed by atoms with Crippen LogP contribution in [0.25, 0.3) is 0 Å². The van der Waals surface area contributed by atoms with Gasteiger partial charge in [-0.15, -0.1) is 0 Å². The Morgan fingerprint density at radius 3 is 0.765 bits per heavy atom. The van der Waals surface area contributed by atoms with Crippen molar-refractivity contribution in [2.75, 3.05) is 13.2 Å². The second-order valence-corrected chi connectivity index (χ2v) is 25.4. The lowest BCUT2D eigenvalue weighted by Gasteiger charge is -2.15. The maximum absolute atomic E-state index is 12.4. The van der Waals surface area contributed by atoms with Gasteiger partial charge in [0.2, 0.25) is 0 Å². The van der Waals surface area contributed by atoms with Crippen molar-refractivity contribution in [3.8, 4) is 0 Å². The van der Waals surface area contributed by atoms with Crippen molar-refractivity contribution in [2.24, 2.45) is 0 Å². The van der Waals surface area contributed by atoms with Gasteiger partial charge in [-0.1, -0.05) is 394 Å². The van der Waals surface area contributed by atoms with E-state index < -0.39 is 6.10 Å². The Morgan fingerprint density at radius 1 is 0.282 bits per heavy atom. The van der Waals surface area contributed by atoms with E-state index in [-0.39, 0.29) is 25.2 Å². The molecule has 1 atom stereocenters. The lowest BCUT2D eigenvalue weighted by molar-refractivity contribution is -0.161. The van der Waals surface area contributed by atoms with Gasteiger partial charge in [-0.2, -0.15) is 0 Å². The number of aliphatic hydroxyl groups excluding tert-OH is 1. The number of aliphatic hydroxyl groups is 1. The second-order valence-electron chi connectivity index (χ2n) is 25.4. The van der Waals surface area contributed by atoms with Crippen LogP contribution in [-0.2, 0) is 19.1 Å². The van der Waals surface area contributed by atoms with Crippen molar-refractivity contribution in [1.29, 1.82) is 0 Å². The van der Waals surface area contributed by atoms with E-state index in [1.165, 1.54) is 283 Å². The average Bonchev–Trinajstić information content (AvgIpc) is 3.52. The lowest BCUT2D eigenvalue weighted by atomic mass is 10.0. The Bertz CT molecular complexity index is 1530. The summed E-state index contributed by atoms with van der Waals surface area (Å²) in [4.78, 5) is 24.7. The molecule has 0 spiro atoms. The van der Waals surface area contributed by atoms with Gasteiger partial charge >= 0.3 is 11.9 Å². The molecule has 1 unspecified atom stereocenters. The molecular weight excluding hydrogens is 1040 g/mol. The van der Waals surface area contributed by atoms with Gasteiger partial charge in [0.1, 0.15) is 6.61 Å². The molecule has 0 aromatic heterocycles. The first-order valence-corrected chi connectivity index (χ1v) is 37.6. The third-order valence-corrected chi connectivity index (χ3v) is 17.0. The Morgan fingerprint density at radius 2 is 0.506 bits per heavy atom. The highest BCUT2D eigenvalue weighted by Crippen LogP contribution is 2.19. The maximum Gasteiger partial charge on any atom is 0.306 e. The number of ether oxygens (including phenoxy) is 2. The van der Waals surface area contributed by atoms with Crippen LogP contribution >= 0.6 is 0 Å². The lowest BCUT2D eigenvalue weighted by Crippen LogP contribution is -2.28. The minimum Gasteiger partial charge on any atom is -0.462 e. The molecule has 85 heavy (non-hydrogen) atoms. The van der Waals surface area contributed by atoms with Crippen molar-refractivity contribution >= 4 is 11.9 Å². The summed E-state index contributed by atoms with van der Waals surface area (Å²) in [5.41, 5.74) is 0. The smallest absolute Gasteiger partial charge is 0.306 e. The highest BCUT2D eigenvalue weighted by molar-refractivity contribution is 5.70. The fourth-order valence-corrected chi connectivity index (χ4v) is 11.4. The molecule has 0 aliphatic carbocycles. The summed E-state index contributed by atoms with van der Waals surface area (Å²) in [7, 11) is 0. The minimum atomic E-state index is -0.776. The van der Waals surface area contributed by atoms with Gasteiger partial charge < -0.3 is 14.6 Å². The first-order valence-electron chi connectivity index (χ1n) is 37.6. The molecule has 0 saturated heterocycles. The number of rotatable bonds is 70. The molecule has 0 bridgehead atoms. The highest BCUT2D eigenvalue weighted by Gasteiger charge is 2.16. The number of carbonyl (C=O) groups excluding carboxylic acids is 2. The molecule has 0 radical (unpaired) electrons. The summed E-state index contributed by atoms with van der Waals surface area (Å²) in [6, 6.07) is 0. The van der Waals surface area contributed by atoms with Crippen molar-refractivity contribution < 1.29 is 24.2 Å². The summed E-state index contributed by atoms with van der Waals surface area (Å²) in [6.45, 7) is 4.08. The number of unbranched alkanes of at least 4 members (excludes halogenated alkanes) is 48. The summed E-state index contributed by atoms with van der Waals surface area (Å²) >= 11 is 0. The number of esters is 2. The number of carbonyl (C=O) groups is 2. The van der Waals surface area contributed by atoms with Crippen molar-refractivity contribution in [2.45, 2.75) is 399 Å². The molecule has 0 fully saturated rings. The zero-order chi connectivity index (χ0) is 61.2. The molecule has 0 aromatic rings. The largest absolute Gasteiger partial charge is 0.462 e. The fraction of sp³-hybridized carbons (Fsp3) is 0.800. The number of allylic oxidation sites excluding steroid dienone is 14. The molecule has 5 nitrogen and oxygen atoms in total. The fourth-order valence-electron chi connectivity index (χ4n) is 11.4. The van der Waals surface area contributed by atoms with Gasteiger partial charge in [0.25, 0.3) is 0 Å². The third kappa shape index (κ3) is 73.5. The molecule has 0 amide bonds. The molecule has 0 aliphatic heterocycles. The predicted molar refractivity (Wildman–Crippen MR) is 376 cm³/mol. The predicted octanol–water partition coefficient (Wildman–Crippen LogP) is 26.4. The van der Waals surface area contributed by atoms with Gasteiger partial charge in [-0.3, -0.25) is 9.59 Å². The standard InChI is InChI=1S/C80H144O5/c1-3-5-7-9-11-13-15-17-19-21-23-25-27-29-31-33-35-37-39-41-42-44-46-48-50-52-54-56-58-60-62-64-66-68-70-72-74-79(82)84-77-78(76-81)85-80(83)75-73-71-69-67-65-63-61-59-57-55-53-51-49-47-45-43-40-38-36-34-32-30-28-26-24-22-20-18-16-14-12-10-8-6-4-2/h6,8,12,14,18,20,24,26,30,32,36,38,43,45,78,81H,3-5,7,9-11,13,15-17,19,21-23,25,27-29,31,33-35,37,39-42,44,46-77H2,1-2H3/b8-6-,14-12-,20-18-,26-24-,32-30-,38-36-,45-43-. The quantitative estimate of drug-likeness (QED) is 0.0373. The van der Waals surface area contributed by atoms with Crippen LogP contribution < -0.4 is 0 Å². The number of hydrogen-bond acceptors (Lipinski definition) is 5. The van der Waals surface area contributed by atoms with Gasteiger partial charge in [0, 0.05) is 12.8 Å². The molecule has 1 N–H and O–H groups in total.